The van der Waals surface area contributed by atoms with Crippen LogP contribution in [-0.2, 0) is 0 Å². The Labute approximate surface area is 194 Å². The van der Waals surface area contributed by atoms with Crippen LogP contribution in [0.4, 0.5) is 0 Å². The molecule has 3 aromatic rings. The minimum absolute atomic E-state index is 0.126. The number of amides is 1. The van der Waals surface area contributed by atoms with E-state index in [0.717, 1.165) is 4.47 Å². The van der Waals surface area contributed by atoms with Crippen LogP contribution in [0.2, 0.25) is 0 Å². The van der Waals surface area contributed by atoms with E-state index in [1.807, 2.05) is 6.07 Å². The van der Waals surface area contributed by atoms with Crippen LogP contribution < -0.4 is 19.6 Å². The van der Waals surface area contributed by atoms with Crippen molar-refractivity contribution in [1.29, 1.82) is 0 Å². The van der Waals surface area contributed by atoms with E-state index in [4.69, 9.17) is 14.2 Å². The van der Waals surface area contributed by atoms with Gasteiger partial charge in [0.1, 0.15) is 0 Å². The predicted molar refractivity (Wildman–Crippen MR) is 121 cm³/mol. The molecule has 1 heterocycles. The van der Waals surface area contributed by atoms with Crippen molar-refractivity contribution in [3.63, 3.8) is 0 Å². The summed E-state index contributed by atoms with van der Waals surface area (Å²) in [5.41, 5.74) is 3.72. The zero-order chi connectivity index (χ0) is 21.8. The van der Waals surface area contributed by atoms with E-state index in [2.05, 4.69) is 42.4 Å². The first-order chi connectivity index (χ1) is 15.0. The SMILES string of the molecule is O=C(N/N=C\c1cc(Br)cc(Br)c1OC(=O)c1ccccc1)c1ccc2c(c1)OCO2. The number of hydrogen-bond donors (Lipinski definition) is 1. The van der Waals surface area contributed by atoms with E-state index in [0.29, 0.717) is 32.7 Å². The van der Waals surface area contributed by atoms with Gasteiger partial charge in [0.25, 0.3) is 5.91 Å². The third kappa shape index (κ3) is 4.95. The van der Waals surface area contributed by atoms with E-state index < -0.39 is 11.9 Å². The molecular weight excluding hydrogens is 532 g/mol. The van der Waals surface area contributed by atoms with Crippen molar-refractivity contribution in [3.8, 4) is 17.2 Å². The number of nitrogens with one attached hydrogen (secondary N) is 1. The van der Waals surface area contributed by atoms with E-state index >= 15 is 0 Å². The standard InChI is InChI=1S/C22H14Br2N2O5/c23-16-8-15(20(17(24)10-16)31-22(28)13-4-2-1-3-5-13)11-25-26-21(27)14-6-7-18-19(9-14)30-12-29-18/h1-11H,12H2,(H,26,27)/b25-11-. The Hall–Kier alpha value is -3.17. The second-order valence-electron chi connectivity index (χ2n) is 6.33. The van der Waals surface area contributed by atoms with Gasteiger partial charge >= 0.3 is 5.97 Å². The van der Waals surface area contributed by atoms with Crippen molar-refractivity contribution in [2.24, 2.45) is 5.10 Å². The summed E-state index contributed by atoms with van der Waals surface area (Å²) in [4.78, 5) is 24.9. The summed E-state index contributed by atoms with van der Waals surface area (Å²) in [7, 11) is 0. The van der Waals surface area contributed by atoms with Gasteiger partial charge in [0.05, 0.1) is 16.3 Å². The zero-order valence-corrected chi connectivity index (χ0v) is 19.0. The molecule has 0 saturated carbocycles. The number of esters is 1. The minimum Gasteiger partial charge on any atom is -0.454 e. The third-order valence-corrected chi connectivity index (χ3v) is 5.29. The number of fused-ring (bicyclic) bond motifs is 1. The van der Waals surface area contributed by atoms with Gasteiger partial charge in [-0.3, -0.25) is 4.79 Å². The van der Waals surface area contributed by atoms with Crippen LogP contribution in [0.15, 0.2) is 74.7 Å². The molecule has 1 aliphatic rings. The van der Waals surface area contributed by atoms with E-state index in [-0.39, 0.29) is 12.5 Å². The van der Waals surface area contributed by atoms with Gasteiger partial charge in [0.2, 0.25) is 6.79 Å². The lowest BCUT2D eigenvalue weighted by molar-refractivity contribution is 0.0733. The number of carbonyl (C=O) groups excluding carboxylic acids is 2. The maximum absolute atomic E-state index is 12.5. The molecule has 0 atom stereocenters. The first-order valence-electron chi connectivity index (χ1n) is 9.00. The first kappa shape index (κ1) is 21.1. The molecule has 1 amide bonds. The summed E-state index contributed by atoms with van der Waals surface area (Å²) >= 11 is 6.80. The highest BCUT2D eigenvalue weighted by atomic mass is 79.9. The number of hydrogen-bond acceptors (Lipinski definition) is 6. The Balaban J connectivity index is 1.51. The molecule has 3 aromatic carbocycles. The molecule has 0 aromatic heterocycles. The molecule has 0 unspecified atom stereocenters. The zero-order valence-electron chi connectivity index (χ0n) is 15.8. The summed E-state index contributed by atoms with van der Waals surface area (Å²) in [6, 6.07) is 17.0. The Kier molecular flexibility index (Phi) is 6.34. The van der Waals surface area contributed by atoms with E-state index in [1.165, 1.54) is 6.21 Å². The molecule has 1 aliphatic heterocycles. The Bertz CT molecular complexity index is 1180. The highest BCUT2D eigenvalue weighted by Gasteiger charge is 2.17. The fourth-order valence-electron chi connectivity index (χ4n) is 2.77. The molecule has 0 saturated heterocycles. The van der Waals surface area contributed by atoms with E-state index in [1.54, 1.807) is 54.6 Å². The average molecular weight is 546 g/mol. The third-order valence-electron chi connectivity index (χ3n) is 4.25. The second-order valence-corrected chi connectivity index (χ2v) is 8.10. The molecule has 0 aliphatic carbocycles. The summed E-state index contributed by atoms with van der Waals surface area (Å²) in [6.45, 7) is 0.126. The number of halogens is 2. The summed E-state index contributed by atoms with van der Waals surface area (Å²) in [5, 5.41) is 4.00. The largest absolute Gasteiger partial charge is 0.454 e. The number of hydrazone groups is 1. The summed E-state index contributed by atoms with van der Waals surface area (Å²) in [5.74, 6) is 0.429. The van der Waals surface area contributed by atoms with Crippen LogP contribution in [0, 0.1) is 0 Å². The predicted octanol–water partition coefficient (Wildman–Crippen LogP) is 4.92. The molecule has 156 valence electrons. The van der Waals surface area contributed by atoms with Crippen molar-refractivity contribution in [2.45, 2.75) is 0 Å². The lowest BCUT2D eigenvalue weighted by Crippen LogP contribution is -2.17. The van der Waals surface area contributed by atoms with Gasteiger partial charge < -0.3 is 14.2 Å². The molecule has 31 heavy (non-hydrogen) atoms. The molecule has 0 spiro atoms. The number of benzene rings is 3. The van der Waals surface area contributed by atoms with Gasteiger partial charge in [-0.05, 0) is 58.4 Å². The second kappa shape index (κ2) is 9.32. The maximum Gasteiger partial charge on any atom is 0.343 e. The Morgan fingerprint density at radius 2 is 1.74 bits per heavy atom. The molecule has 0 radical (unpaired) electrons. The summed E-state index contributed by atoms with van der Waals surface area (Å²) < 4.78 is 17.4. The fraction of sp³-hybridized carbons (Fsp3) is 0.0455. The quantitative estimate of drug-likeness (QED) is 0.213. The lowest BCUT2D eigenvalue weighted by atomic mass is 10.2. The molecule has 9 heteroatoms. The van der Waals surface area contributed by atoms with Crippen LogP contribution >= 0.6 is 31.9 Å². The van der Waals surface area contributed by atoms with Crippen molar-refractivity contribution in [1.82, 2.24) is 5.43 Å². The van der Waals surface area contributed by atoms with Gasteiger partial charge in [0, 0.05) is 15.6 Å². The van der Waals surface area contributed by atoms with Gasteiger partial charge in [-0.1, -0.05) is 34.1 Å². The number of rotatable bonds is 5. The molecule has 0 bridgehead atoms. The van der Waals surface area contributed by atoms with Crippen LogP contribution in [0.1, 0.15) is 26.3 Å². The Morgan fingerprint density at radius 1 is 0.968 bits per heavy atom. The maximum atomic E-state index is 12.5. The van der Waals surface area contributed by atoms with E-state index in [9.17, 15) is 9.59 Å². The minimum atomic E-state index is -0.511. The molecule has 1 N–H and O–H groups in total. The lowest BCUT2D eigenvalue weighted by Gasteiger charge is -2.10. The van der Waals surface area contributed by atoms with Crippen molar-refractivity contribution in [2.75, 3.05) is 6.79 Å². The summed E-state index contributed by atoms with van der Waals surface area (Å²) in [6.07, 6.45) is 1.40. The van der Waals surface area contributed by atoms with Crippen molar-refractivity contribution in [3.05, 3.63) is 86.3 Å². The molecular formula is C22H14Br2N2O5. The van der Waals surface area contributed by atoms with Gasteiger partial charge in [0.15, 0.2) is 17.2 Å². The van der Waals surface area contributed by atoms with Gasteiger partial charge in [-0.2, -0.15) is 5.10 Å². The van der Waals surface area contributed by atoms with Crippen molar-refractivity contribution < 1.29 is 23.8 Å². The van der Waals surface area contributed by atoms with Crippen LogP contribution in [0.3, 0.4) is 0 Å². The molecule has 0 fully saturated rings. The molecule has 4 rings (SSSR count). The topological polar surface area (TPSA) is 86.2 Å². The number of ether oxygens (including phenoxy) is 3. The van der Waals surface area contributed by atoms with Crippen LogP contribution in [0.25, 0.3) is 0 Å². The van der Waals surface area contributed by atoms with Gasteiger partial charge in [-0.15, -0.1) is 0 Å². The number of carbonyl (C=O) groups is 2. The highest BCUT2D eigenvalue weighted by molar-refractivity contribution is 9.11. The number of nitrogens with zero attached hydrogens (tertiary/aromatic N) is 1. The van der Waals surface area contributed by atoms with Crippen LogP contribution in [-0.4, -0.2) is 24.9 Å². The van der Waals surface area contributed by atoms with Crippen LogP contribution in [0.5, 0.6) is 17.2 Å². The molecule has 7 nitrogen and oxygen atoms in total. The highest BCUT2D eigenvalue weighted by Crippen LogP contribution is 2.33. The first-order valence-corrected chi connectivity index (χ1v) is 10.6. The average Bonchev–Trinajstić information content (AvgIpc) is 3.24. The monoisotopic (exact) mass is 544 g/mol. The fourth-order valence-corrected chi connectivity index (χ4v) is 4.11. The van der Waals surface area contributed by atoms with Crippen molar-refractivity contribution >= 4 is 50.0 Å². The Morgan fingerprint density at radius 3 is 2.55 bits per heavy atom. The smallest absolute Gasteiger partial charge is 0.343 e. The normalized spacial score (nSPS) is 12.1. The van der Waals surface area contributed by atoms with Gasteiger partial charge in [-0.25, -0.2) is 10.2 Å².